The topological polar surface area (TPSA) is 131 Å². The van der Waals surface area contributed by atoms with Gasteiger partial charge in [0.1, 0.15) is 23.7 Å². The Morgan fingerprint density at radius 1 is 1.20 bits per heavy atom. The van der Waals surface area contributed by atoms with Crippen LogP contribution in [0.4, 0.5) is 5.69 Å². The summed E-state index contributed by atoms with van der Waals surface area (Å²) in [6.45, 7) is 0.217. The van der Waals surface area contributed by atoms with E-state index in [2.05, 4.69) is 45.2 Å². The standard InChI is InChI=1S/C24H20I2N2O7/c1-33-24(30)21-19(20-17(29)3-2-4-18(20)35-23(21)27)13-9-15(25)22(16(26)10-13)34-11-12-5-7-14(8-6-12)28(31)32/h5-10,19H,2-4,11,27H2,1H3/t19-/m0/s1. The van der Waals surface area contributed by atoms with Crippen LogP contribution in [0.3, 0.4) is 0 Å². The molecule has 0 fully saturated rings. The molecule has 1 aliphatic heterocycles. The van der Waals surface area contributed by atoms with Crippen LogP contribution in [0.15, 0.2) is 59.2 Å². The number of esters is 1. The van der Waals surface area contributed by atoms with Crippen molar-refractivity contribution in [2.45, 2.75) is 31.8 Å². The first-order valence-corrected chi connectivity index (χ1v) is 12.7. The maximum Gasteiger partial charge on any atom is 0.340 e. The Kier molecular flexibility index (Phi) is 7.64. The quantitative estimate of drug-likeness (QED) is 0.196. The molecule has 1 heterocycles. The van der Waals surface area contributed by atoms with Crippen LogP contribution in [-0.2, 0) is 25.7 Å². The lowest BCUT2D eigenvalue weighted by Gasteiger charge is -2.32. The number of non-ortho nitro benzene ring substituents is 1. The first-order chi connectivity index (χ1) is 16.7. The molecule has 2 N–H and O–H groups in total. The maximum absolute atomic E-state index is 12.9. The molecule has 2 aromatic carbocycles. The predicted octanol–water partition coefficient (Wildman–Crippen LogP) is 4.85. The molecule has 0 aromatic heterocycles. The highest BCUT2D eigenvalue weighted by Crippen LogP contribution is 2.45. The van der Waals surface area contributed by atoms with Crippen LogP contribution >= 0.6 is 45.2 Å². The minimum Gasteiger partial charge on any atom is -0.487 e. The number of halogens is 2. The number of nitro benzene ring substituents is 1. The molecule has 0 unspecified atom stereocenters. The number of rotatable bonds is 6. The molecule has 9 nitrogen and oxygen atoms in total. The smallest absolute Gasteiger partial charge is 0.340 e. The zero-order chi connectivity index (χ0) is 25.3. The van der Waals surface area contributed by atoms with Crippen LogP contribution in [0.1, 0.15) is 36.3 Å². The Bertz CT molecular complexity index is 1260. The molecule has 1 aliphatic carbocycles. The Labute approximate surface area is 228 Å². The molecule has 0 saturated heterocycles. The maximum atomic E-state index is 12.9. The highest BCUT2D eigenvalue weighted by molar-refractivity contribution is 14.1. The van der Waals surface area contributed by atoms with Crippen molar-refractivity contribution in [2.24, 2.45) is 5.73 Å². The molecule has 2 aliphatic rings. The van der Waals surface area contributed by atoms with Gasteiger partial charge in [-0.2, -0.15) is 0 Å². The Morgan fingerprint density at radius 3 is 2.46 bits per heavy atom. The molecule has 0 amide bonds. The lowest BCUT2D eigenvalue weighted by molar-refractivity contribution is -0.384. The van der Waals surface area contributed by atoms with Crippen molar-refractivity contribution in [3.63, 3.8) is 0 Å². The molecular weight excluding hydrogens is 682 g/mol. The van der Waals surface area contributed by atoms with E-state index in [9.17, 15) is 19.7 Å². The van der Waals surface area contributed by atoms with Crippen molar-refractivity contribution >= 4 is 62.6 Å². The van der Waals surface area contributed by atoms with E-state index in [1.807, 2.05) is 12.1 Å². The highest BCUT2D eigenvalue weighted by Gasteiger charge is 2.41. The van der Waals surface area contributed by atoms with Crippen LogP contribution < -0.4 is 10.5 Å². The molecule has 0 saturated carbocycles. The fourth-order valence-electron chi connectivity index (χ4n) is 4.15. The van der Waals surface area contributed by atoms with E-state index in [-0.39, 0.29) is 29.5 Å². The summed E-state index contributed by atoms with van der Waals surface area (Å²) < 4.78 is 18.2. The van der Waals surface area contributed by atoms with Crippen molar-refractivity contribution in [3.05, 3.63) is 87.6 Å². The fraction of sp³-hybridized carbons (Fsp3) is 0.250. The number of hydrogen-bond acceptors (Lipinski definition) is 8. The summed E-state index contributed by atoms with van der Waals surface area (Å²) in [7, 11) is 1.26. The third-order valence-corrected chi connectivity index (χ3v) is 7.38. The second kappa shape index (κ2) is 10.5. The van der Waals surface area contributed by atoms with Gasteiger partial charge in [-0.3, -0.25) is 14.9 Å². The molecule has 0 spiro atoms. The van der Waals surface area contributed by atoms with Gasteiger partial charge in [0, 0.05) is 30.5 Å². The zero-order valence-electron chi connectivity index (χ0n) is 18.5. The number of ether oxygens (including phenoxy) is 3. The molecule has 11 heteroatoms. The monoisotopic (exact) mass is 702 g/mol. The number of nitrogens with two attached hydrogens (primary N) is 1. The van der Waals surface area contributed by atoms with Crippen molar-refractivity contribution in [3.8, 4) is 5.75 Å². The minimum absolute atomic E-state index is 0.0124. The van der Waals surface area contributed by atoms with Crippen molar-refractivity contribution in [2.75, 3.05) is 7.11 Å². The van der Waals surface area contributed by atoms with Crippen LogP contribution in [0, 0.1) is 17.3 Å². The Balaban J connectivity index is 1.68. The molecule has 4 rings (SSSR count). The number of carbonyl (C=O) groups is 2. The van der Waals surface area contributed by atoms with Gasteiger partial charge in [-0.05, 0) is 87.0 Å². The summed E-state index contributed by atoms with van der Waals surface area (Å²) in [4.78, 5) is 36.0. The normalized spacial score (nSPS) is 17.6. The van der Waals surface area contributed by atoms with E-state index in [4.69, 9.17) is 19.9 Å². The lowest BCUT2D eigenvalue weighted by Crippen LogP contribution is -2.31. The summed E-state index contributed by atoms with van der Waals surface area (Å²) in [5.41, 5.74) is 8.17. The van der Waals surface area contributed by atoms with Crippen LogP contribution in [0.2, 0.25) is 0 Å². The molecule has 1 atom stereocenters. The van der Waals surface area contributed by atoms with E-state index in [0.29, 0.717) is 41.9 Å². The summed E-state index contributed by atoms with van der Waals surface area (Å²) in [6.07, 6.45) is 1.60. The average Bonchev–Trinajstić information content (AvgIpc) is 2.82. The van der Waals surface area contributed by atoms with Gasteiger partial charge in [0.2, 0.25) is 5.88 Å². The molecule has 35 heavy (non-hydrogen) atoms. The molecule has 0 radical (unpaired) electrons. The summed E-state index contributed by atoms with van der Waals surface area (Å²) in [5, 5.41) is 10.9. The number of benzene rings is 2. The van der Waals surface area contributed by atoms with Gasteiger partial charge in [0.15, 0.2) is 5.78 Å². The lowest BCUT2D eigenvalue weighted by atomic mass is 9.77. The van der Waals surface area contributed by atoms with Crippen LogP contribution in [-0.4, -0.2) is 23.8 Å². The number of allylic oxidation sites excluding steroid dienone is 2. The number of nitrogens with zero attached hydrogens (tertiary/aromatic N) is 1. The van der Waals surface area contributed by atoms with E-state index >= 15 is 0 Å². The number of Topliss-reactive ketones (excluding diaryl/α,β-unsaturated/α-hetero) is 1. The number of hydrogen-bond donors (Lipinski definition) is 1. The Hall–Kier alpha value is -2.68. The van der Waals surface area contributed by atoms with Gasteiger partial charge < -0.3 is 19.9 Å². The third kappa shape index (κ3) is 5.15. The second-order valence-corrected chi connectivity index (χ2v) is 10.3. The average molecular weight is 702 g/mol. The van der Waals surface area contributed by atoms with E-state index in [1.54, 1.807) is 12.1 Å². The molecule has 182 valence electrons. The largest absolute Gasteiger partial charge is 0.487 e. The third-order valence-electron chi connectivity index (χ3n) is 5.77. The minimum atomic E-state index is -0.704. The van der Waals surface area contributed by atoms with Gasteiger partial charge in [-0.25, -0.2) is 4.79 Å². The van der Waals surface area contributed by atoms with Gasteiger partial charge in [0.05, 0.1) is 25.1 Å². The summed E-state index contributed by atoms with van der Waals surface area (Å²) >= 11 is 4.28. The summed E-state index contributed by atoms with van der Waals surface area (Å²) in [5.74, 6) is -0.362. The van der Waals surface area contributed by atoms with Crippen molar-refractivity contribution in [1.82, 2.24) is 0 Å². The van der Waals surface area contributed by atoms with E-state index in [1.165, 1.54) is 19.2 Å². The fourth-order valence-corrected chi connectivity index (χ4v) is 6.28. The first kappa shape index (κ1) is 25.4. The molecule has 2 aromatic rings. The Morgan fingerprint density at radius 2 is 1.86 bits per heavy atom. The number of methoxy groups -OCH3 is 1. The highest BCUT2D eigenvalue weighted by atomic mass is 127. The van der Waals surface area contributed by atoms with E-state index in [0.717, 1.165) is 12.7 Å². The van der Waals surface area contributed by atoms with Gasteiger partial charge in [0.25, 0.3) is 5.69 Å². The van der Waals surface area contributed by atoms with E-state index < -0.39 is 16.8 Å². The van der Waals surface area contributed by atoms with Gasteiger partial charge in [-0.15, -0.1) is 0 Å². The van der Waals surface area contributed by atoms with Gasteiger partial charge >= 0.3 is 5.97 Å². The number of carbonyl (C=O) groups excluding carboxylic acids is 2. The number of nitro groups is 1. The van der Waals surface area contributed by atoms with Crippen LogP contribution in [0.5, 0.6) is 5.75 Å². The first-order valence-electron chi connectivity index (χ1n) is 10.6. The second-order valence-electron chi connectivity index (χ2n) is 7.94. The predicted molar refractivity (Wildman–Crippen MR) is 142 cm³/mol. The van der Waals surface area contributed by atoms with Crippen LogP contribution in [0.25, 0.3) is 0 Å². The van der Waals surface area contributed by atoms with Crippen molar-refractivity contribution < 1.29 is 28.7 Å². The van der Waals surface area contributed by atoms with Crippen molar-refractivity contribution in [1.29, 1.82) is 0 Å². The summed E-state index contributed by atoms with van der Waals surface area (Å²) in [6, 6.07) is 9.86. The molecular formula is C24H20I2N2O7. The van der Waals surface area contributed by atoms with Gasteiger partial charge in [-0.1, -0.05) is 0 Å². The number of ketones is 1. The SMILES string of the molecule is COC(=O)C1=C(N)OC2=C(C(=O)CCC2)[C@@H]1c1cc(I)c(OCc2ccc([N+](=O)[O-])cc2)c(I)c1. The molecule has 0 bridgehead atoms. The zero-order valence-corrected chi connectivity index (χ0v) is 22.8.